The Balaban J connectivity index is 3.09. The molecule has 1 aliphatic rings. The van der Waals surface area contributed by atoms with E-state index in [1.165, 1.54) is 6.08 Å². The summed E-state index contributed by atoms with van der Waals surface area (Å²) >= 11 is 0. The summed E-state index contributed by atoms with van der Waals surface area (Å²) in [6.07, 6.45) is 6.40. The van der Waals surface area contributed by atoms with E-state index in [1.807, 2.05) is 6.07 Å². The monoisotopic (exact) mass is 242 g/mol. The zero-order valence-electron chi connectivity index (χ0n) is 9.34. The molecular weight excluding hydrogens is 227 g/mol. The zero-order valence-corrected chi connectivity index (χ0v) is 10.2. The van der Waals surface area contributed by atoms with Gasteiger partial charge < -0.3 is 14.4 Å². The number of nitrogens with zero attached hydrogens (tertiary/aromatic N) is 1. The number of dihydropyridines is 1. The van der Waals surface area contributed by atoms with Crippen LogP contribution >= 0.6 is 7.60 Å². The highest BCUT2D eigenvalue weighted by atomic mass is 31.2. The smallest absolute Gasteiger partial charge is 0.360 e. The molecule has 0 fully saturated rings. The summed E-state index contributed by atoms with van der Waals surface area (Å²) in [6, 6.07) is 1.97. The SMILES string of the molecule is CCOP(=O)(OCC)C1(C#N)C=CC=CN1. The van der Waals surface area contributed by atoms with Crippen molar-refractivity contribution in [3.8, 4) is 6.07 Å². The number of nitriles is 1. The molecule has 0 radical (unpaired) electrons. The van der Waals surface area contributed by atoms with Gasteiger partial charge in [-0.3, -0.25) is 4.57 Å². The lowest BCUT2D eigenvalue weighted by Crippen LogP contribution is -2.41. The first-order chi connectivity index (χ1) is 7.64. The molecule has 1 unspecified atom stereocenters. The first-order valence-electron chi connectivity index (χ1n) is 5.06. The second kappa shape index (κ2) is 5.31. The first kappa shape index (κ1) is 13.0. The van der Waals surface area contributed by atoms with Gasteiger partial charge in [0.05, 0.1) is 13.2 Å². The molecule has 6 heteroatoms. The summed E-state index contributed by atoms with van der Waals surface area (Å²) in [6.45, 7) is 3.86. The van der Waals surface area contributed by atoms with E-state index >= 15 is 0 Å². The molecule has 0 aliphatic carbocycles. The average molecular weight is 242 g/mol. The van der Waals surface area contributed by atoms with Crippen molar-refractivity contribution in [1.29, 1.82) is 5.26 Å². The third-order valence-corrected chi connectivity index (χ3v) is 4.49. The third kappa shape index (κ3) is 2.19. The van der Waals surface area contributed by atoms with E-state index < -0.39 is 12.9 Å². The van der Waals surface area contributed by atoms with Crippen LogP contribution in [0.5, 0.6) is 0 Å². The number of hydrogen-bond donors (Lipinski definition) is 1. The Morgan fingerprint density at radius 3 is 2.38 bits per heavy atom. The molecule has 0 spiro atoms. The van der Waals surface area contributed by atoms with Crippen LogP contribution in [0, 0.1) is 11.3 Å². The summed E-state index contributed by atoms with van der Waals surface area (Å²) in [7, 11) is -3.54. The van der Waals surface area contributed by atoms with Crippen molar-refractivity contribution in [1.82, 2.24) is 5.32 Å². The van der Waals surface area contributed by atoms with Crippen LogP contribution in [0.15, 0.2) is 24.4 Å². The minimum absolute atomic E-state index is 0.222. The Morgan fingerprint density at radius 2 is 2.00 bits per heavy atom. The fourth-order valence-corrected chi connectivity index (χ4v) is 3.14. The molecule has 1 atom stereocenters. The second-order valence-corrected chi connectivity index (χ2v) is 5.29. The Hall–Kier alpha value is -1.08. The minimum Gasteiger partial charge on any atom is -0.360 e. The molecule has 5 nitrogen and oxygen atoms in total. The van der Waals surface area contributed by atoms with Crippen LogP contribution in [0.2, 0.25) is 0 Å². The summed E-state index contributed by atoms with van der Waals surface area (Å²) in [5.41, 5.74) is 0. The number of nitrogens with one attached hydrogen (secondary N) is 1. The Labute approximate surface area is 95.3 Å². The van der Waals surface area contributed by atoms with E-state index in [-0.39, 0.29) is 13.2 Å². The highest BCUT2D eigenvalue weighted by Crippen LogP contribution is 2.59. The highest BCUT2D eigenvalue weighted by Gasteiger charge is 2.50. The molecule has 0 aromatic heterocycles. The van der Waals surface area contributed by atoms with Crippen molar-refractivity contribution >= 4 is 7.60 Å². The summed E-state index contributed by atoms with van der Waals surface area (Å²) < 4.78 is 22.8. The van der Waals surface area contributed by atoms with Gasteiger partial charge in [0.2, 0.25) is 5.28 Å². The molecule has 0 aromatic rings. The van der Waals surface area contributed by atoms with Crippen LogP contribution in [-0.2, 0) is 13.6 Å². The largest absolute Gasteiger partial charge is 0.374 e. The van der Waals surface area contributed by atoms with E-state index in [4.69, 9.17) is 9.05 Å². The van der Waals surface area contributed by atoms with E-state index in [1.54, 1.807) is 32.2 Å². The highest BCUT2D eigenvalue weighted by molar-refractivity contribution is 7.56. The third-order valence-electron chi connectivity index (χ3n) is 2.05. The van der Waals surface area contributed by atoms with Crippen LogP contribution in [0.25, 0.3) is 0 Å². The molecule has 88 valence electrons. The molecule has 16 heavy (non-hydrogen) atoms. The predicted octanol–water partition coefficient (Wildman–Crippen LogP) is 2.15. The van der Waals surface area contributed by atoms with Crippen LogP contribution in [0.1, 0.15) is 13.8 Å². The van der Waals surface area contributed by atoms with E-state index in [0.717, 1.165) is 0 Å². The maximum atomic E-state index is 12.5. The number of rotatable bonds is 5. The van der Waals surface area contributed by atoms with Crippen LogP contribution in [0.4, 0.5) is 0 Å². The summed E-state index contributed by atoms with van der Waals surface area (Å²) in [5.74, 6) is 0. The number of allylic oxidation sites excluding steroid dienone is 2. The Kier molecular flexibility index (Phi) is 4.31. The van der Waals surface area contributed by atoms with E-state index in [9.17, 15) is 9.83 Å². The molecule has 1 rings (SSSR count). The van der Waals surface area contributed by atoms with Gasteiger partial charge in [-0.25, -0.2) is 0 Å². The van der Waals surface area contributed by atoms with Gasteiger partial charge in [-0.1, -0.05) is 6.08 Å². The molecule has 0 aromatic carbocycles. The fourth-order valence-electron chi connectivity index (χ4n) is 1.36. The van der Waals surface area contributed by atoms with Gasteiger partial charge >= 0.3 is 7.60 Å². The molecule has 0 saturated carbocycles. The molecule has 1 heterocycles. The van der Waals surface area contributed by atoms with Gasteiger partial charge in [-0.2, -0.15) is 5.26 Å². The predicted molar refractivity (Wildman–Crippen MR) is 60.6 cm³/mol. The van der Waals surface area contributed by atoms with Gasteiger partial charge in [0.1, 0.15) is 6.07 Å². The van der Waals surface area contributed by atoms with Crippen molar-refractivity contribution in [2.45, 2.75) is 19.1 Å². The van der Waals surface area contributed by atoms with Gasteiger partial charge in [0.25, 0.3) is 0 Å². The topological polar surface area (TPSA) is 71.3 Å². The van der Waals surface area contributed by atoms with Gasteiger partial charge in [-0.15, -0.1) is 0 Å². The average Bonchev–Trinajstić information content (AvgIpc) is 2.30. The van der Waals surface area contributed by atoms with E-state index in [0.29, 0.717) is 0 Å². The van der Waals surface area contributed by atoms with Gasteiger partial charge in [0.15, 0.2) is 0 Å². The van der Waals surface area contributed by atoms with Crippen LogP contribution in [-0.4, -0.2) is 18.5 Å². The van der Waals surface area contributed by atoms with Crippen LogP contribution < -0.4 is 5.32 Å². The van der Waals surface area contributed by atoms with Crippen LogP contribution in [0.3, 0.4) is 0 Å². The minimum atomic E-state index is -3.54. The Morgan fingerprint density at radius 1 is 1.38 bits per heavy atom. The maximum absolute atomic E-state index is 12.5. The normalized spacial score (nSPS) is 23.8. The van der Waals surface area contributed by atoms with Crippen molar-refractivity contribution in [2.24, 2.45) is 0 Å². The van der Waals surface area contributed by atoms with Gasteiger partial charge in [-0.05, 0) is 32.2 Å². The summed E-state index contributed by atoms with van der Waals surface area (Å²) in [4.78, 5) is 0. The van der Waals surface area contributed by atoms with Crippen molar-refractivity contribution in [2.75, 3.05) is 13.2 Å². The Bertz CT molecular complexity index is 376. The summed E-state index contributed by atoms with van der Waals surface area (Å²) in [5, 5.41) is 10.5. The lowest BCUT2D eigenvalue weighted by Gasteiger charge is -2.32. The van der Waals surface area contributed by atoms with Crippen molar-refractivity contribution in [3.05, 3.63) is 24.4 Å². The fraction of sp³-hybridized carbons (Fsp3) is 0.500. The molecule has 0 amide bonds. The standard InChI is InChI=1S/C10H15N2O3P/c1-3-14-16(13,15-4-2)10(9-11)7-5-6-8-12-10/h5-8,12H,3-4H2,1-2H3. The molecule has 0 bridgehead atoms. The second-order valence-electron chi connectivity index (χ2n) is 3.07. The van der Waals surface area contributed by atoms with Crippen molar-refractivity contribution in [3.63, 3.8) is 0 Å². The molecule has 1 aliphatic heterocycles. The molecule has 1 N–H and O–H groups in total. The zero-order chi connectivity index (χ0) is 12.1. The van der Waals surface area contributed by atoms with E-state index in [2.05, 4.69) is 5.32 Å². The lowest BCUT2D eigenvalue weighted by atomic mass is 10.2. The lowest BCUT2D eigenvalue weighted by molar-refractivity contribution is 0.206. The number of hydrogen-bond acceptors (Lipinski definition) is 5. The quantitative estimate of drug-likeness (QED) is 0.748. The van der Waals surface area contributed by atoms with Crippen molar-refractivity contribution < 1.29 is 13.6 Å². The first-order valence-corrected chi connectivity index (χ1v) is 6.61. The molecular formula is C10H15N2O3P. The van der Waals surface area contributed by atoms with Gasteiger partial charge in [0, 0.05) is 0 Å². The maximum Gasteiger partial charge on any atom is 0.374 e. The molecule has 0 saturated heterocycles.